The molecular weight excluding hydrogens is 346 g/mol. The quantitative estimate of drug-likeness (QED) is 0.240. The summed E-state index contributed by atoms with van der Waals surface area (Å²) in [6, 6.07) is 0. The standard InChI is InChI=1S/C19H39N3O3Si/c1-14(2)11-17(7)20-23-26(10,24-21-18(8)12-15(3)4)25-22-19(9)13-16(5)6/h14-16H,11-13H2,1-10H3/b20-17+,21-18+,22-19+. The van der Waals surface area contributed by atoms with Crippen molar-refractivity contribution >= 4 is 25.9 Å². The lowest BCUT2D eigenvalue weighted by molar-refractivity contribution is 0.0720. The van der Waals surface area contributed by atoms with Crippen molar-refractivity contribution in [3.8, 4) is 0 Å². The summed E-state index contributed by atoms with van der Waals surface area (Å²) in [4.78, 5) is 0. The van der Waals surface area contributed by atoms with Crippen LogP contribution in [0.5, 0.6) is 0 Å². The van der Waals surface area contributed by atoms with E-state index >= 15 is 0 Å². The van der Waals surface area contributed by atoms with Gasteiger partial charge in [-0.1, -0.05) is 41.5 Å². The van der Waals surface area contributed by atoms with Crippen molar-refractivity contribution in [1.29, 1.82) is 0 Å². The van der Waals surface area contributed by atoms with E-state index in [0.717, 1.165) is 36.4 Å². The fourth-order valence-corrected chi connectivity index (χ4v) is 3.48. The molecule has 0 aromatic carbocycles. The molecule has 152 valence electrons. The van der Waals surface area contributed by atoms with Crippen LogP contribution in [0.4, 0.5) is 0 Å². The molecule has 0 atom stereocenters. The number of nitrogens with zero attached hydrogens (tertiary/aromatic N) is 3. The monoisotopic (exact) mass is 385 g/mol. The maximum atomic E-state index is 5.67. The Bertz CT molecular complexity index is 431. The van der Waals surface area contributed by atoms with E-state index in [0.29, 0.717) is 17.8 Å². The third kappa shape index (κ3) is 12.9. The van der Waals surface area contributed by atoms with Crippen molar-refractivity contribution in [2.24, 2.45) is 33.2 Å². The zero-order valence-corrected chi connectivity index (χ0v) is 19.4. The highest BCUT2D eigenvalue weighted by atomic mass is 28.4. The molecule has 0 aliphatic heterocycles. The van der Waals surface area contributed by atoms with Crippen LogP contribution in [0.25, 0.3) is 0 Å². The molecule has 0 aliphatic rings. The van der Waals surface area contributed by atoms with E-state index in [-0.39, 0.29) is 0 Å². The average molecular weight is 386 g/mol. The lowest BCUT2D eigenvalue weighted by Crippen LogP contribution is -2.38. The molecular formula is C19H39N3O3Si. The van der Waals surface area contributed by atoms with Gasteiger partial charge in [-0.15, -0.1) is 15.5 Å². The van der Waals surface area contributed by atoms with E-state index in [1.165, 1.54) is 0 Å². The molecule has 0 saturated heterocycles. The van der Waals surface area contributed by atoms with Gasteiger partial charge in [0.25, 0.3) is 0 Å². The molecule has 26 heavy (non-hydrogen) atoms. The van der Waals surface area contributed by atoms with Gasteiger partial charge in [0, 0.05) is 6.55 Å². The topological polar surface area (TPSA) is 64.8 Å². The van der Waals surface area contributed by atoms with Gasteiger partial charge in [0.05, 0.1) is 17.1 Å². The third-order valence-corrected chi connectivity index (χ3v) is 4.48. The smallest absolute Gasteiger partial charge is 0.373 e. The van der Waals surface area contributed by atoms with Crippen molar-refractivity contribution in [3.05, 3.63) is 0 Å². The minimum Gasteiger partial charge on any atom is -0.373 e. The SMILES string of the molecule is C/C(CC(C)C)=N\O[Si](C)(O/N=C(\C)CC(C)C)O/N=C(\C)CC(C)C. The summed E-state index contributed by atoms with van der Waals surface area (Å²) in [5, 5.41) is 12.6. The molecule has 0 N–H and O–H groups in total. The molecule has 0 spiro atoms. The molecule has 0 unspecified atom stereocenters. The molecule has 0 radical (unpaired) electrons. The first-order valence-corrected chi connectivity index (χ1v) is 11.8. The Balaban J connectivity index is 5.17. The van der Waals surface area contributed by atoms with Gasteiger partial charge >= 0.3 is 8.80 Å². The number of hydrogen-bond acceptors (Lipinski definition) is 6. The second-order valence-corrected chi connectivity index (χ2v) is 10.7. The van der Waals surface area contributed by atoms with Crippen molar-refractivity contribution in [3.63, 3.8) is 0 Å². The van der Waals surface area contributed by atoms with E-state index in [1.807, 2.05) is 20.8 Å². The van der Waals surface area contributed by atoms with Crippen molar-refractivity contribution < 1.29 is 13.6 Å². The van der Waals surface area contributed by atoms with Gasteiger partial charge in [-0.3, -0.25) is 0 Å². The van der Waals surface area contributed by atoms with Crippen LogP contribution in [0.15, 0.2) is 15.5 Å². The average Bonchev–Trinajstić information content (AvgIpc) is 2.47. The van der Waals surface area contributed by atoms with Gasteiger partial charge in [0.1, 0.15) is 0 Å². The van der Waals surface area contributed by atoms with Crippen LogP contribution in [0.3, 0.4) is 0 Å². The number of rotatable bonds is 12. The van der Waals surface area contributed by atoms with Crippen molar-refractivity contribution in [2.45, 2.75) is 88.1 Å². The van der Waals surface area contributed by atoms with Gasteiger partial charge < -0.3 is 13.6 Å². The fourth-order valence-electron chi connectivity index (χ4n) is 2.42. The van der Waals surface area contributed by atoms with Gasteiger partial charge in [-0.2, -0.15) is 0 Å². The Morgan fingerprint density at radius 2 is 0.846 bits per heavy atom. The third-order valence-electron chi connectivity index (χ3n) is 3.21. The first-order valence-electron chi connectivity index (χ1n) is 9.58. The predicted octanol–water partition coefficient (Wildman–Crippen LogP) is 5.87. The second-order valence-electron chi connectivity index (χ2n) is 8.41. The van der Waals surface area contributed by atoms with E-state index in [2.05, 4.69) is 57.0 Å². The highest BCUT2D eigenvalue weighted by molar-refractivity contribution is 6.59. The van der Waals surface area contributed by atoms with E-state index in [1.54, 1.807) is 6.55 Å². The summed E-state index contributed by atoms with van der Waals surface area (Å²) in [6.07, 6.45) is 2.57. The van der Waals surface area contributed by atoms with Gasteiger partial charge in [-0.05, 0) is 57.8 Å². The molecule has 6 nitrogen and oxygen atoms in total. The van der Waals surface area contributed by atoms with E-state index in [4.69, 9.17) is 13.6 Å². The molecule has 0 aromatic heterocycles. The lowest BCUT2D eigenvalue weighted by atomic mass is 10.1. The summed E-state index contributed by atoms with van der Waals surface area (Å²) in [6.45, 7) is 20.4. The van der Waals surface area contributed by atoms with Crippen LogP contribution in [0.2, 0.25) is 6.55 Å². The summed E-state index contributed by atoms with van der Waals surface area (Å²) >= 11 is 0. The largest absolute Gasteiger partial charge is 0.759 e. The van der Waals surface area contributed by atoms with Crippen molar-refractivity contribution in [1.82, 2.24) is 0 Å². The fraction of sp³-hybridized carbons (Fsp3) is 0.842. The van der Waals surface area contributed by atoms with Crippen LogP contribution in [-0.4, -0.2) is 25.9 Å². The highest BCUT2D eigenvalue weighted by Gasteiger charge is 2.45. The van der Waals surface area contributed by atoms with Crippen LogP contribution < -0.4 is 0 Å². The van der Waals surface area contributed by atoms with Gasteiger partial charge in [-0.25, -0.2) is 0 Å². The number of oxime groups is 3. The zero-order valence-electron chi connectivity index (χ0n) is 18.4. The summed E-state index contributed by atoms with van der Waals surface area (Å²) in [5.41, 5.74) is 2.70. The predicted molar refractivity (Wildman–Crippen MR) is 113 cm³/mol. The minimum absolute atomic E-state index is 0.509. The minimum atomic E-state index is -3.15. The molecule has 0 aliphatic carbocycles. The maximum absolute atomic E-state index is 5.67. The number of hydrogen-bond donors (Lipinski definition) is 0. The molecule has 7 heteroatoms. The first kappa shape index (κ1) is 24.6. The summed E-state index contributed by atoms with van der Waals surface area (Å²) < 4.78 is 17.0. The summed E-state index contributed by atoms with van der Waals surface area (Å²) in [5.74, 6) is 1.53. The Morgan fingerprint density at radius 1 is 0.615 bits per heavy atom. The highest BCUT2D eigenvalue weighted by Crippen LogP contribution is 2.15. The Labute approximate surface area is 161 Å². The molecule has 0 amide bonds. The zero-order chi connectivity index (χ0) is 20.3. The molecule has 0 fully saturated rings. The van der Waals surface area contributed by atoms with Crippen molar-refractivity contribution in [2.75, 3.05) is 0 Å². The van der Waals surface area contributed by atoms with Crippen LogP contribution in [0, 0.1) is 17.8 Å². The maximum Gasteiger partial charge on any atom is 0.759 e. The van der Waals surface area contributed by atoms with E-state index < -0.39 is 8.80 Å². The lowest BCUT2D eigenvalue weighted by Gasteiger charge is -2.19. The molecule has 0 saturated carbocycles. The molecule has 0 rings (SSSR count). The molecule has 0 heterocycles. The second kappa shape index (κ2) is 12.1. The summed E-state index contributed by atoms with van der Waals surface area (Å²) in [7, 11) is -3.15. The van der Waals surface area contributed by atoms with Crippen LogP contribution in [-0.2, 0) is 13.6 Å². The molecule has 0 bridgehead atoms. The van der Waals surface area contributed by atoms with E-state index in [9.17, 15) is 0 Å². The molecule has 0 aromatic rings. The van der Waals surface area contributed by atoms with Gasteiger partial charge in [0.15, 0.2) is 0 Å². The Kier molecular flexibility index (Phi) is 11.5. The Morgan fingerprint density at radius 3 is 1.04 bits per heavy atom. The first-order chi connectivity index (χ1) is 11.9. The van der Waals surface area contributed by atoms with Crippen LogP contribution >= 0.6 is 0 Å². The van der Waals surface area contributed by atoms with Crippen LogP contribution in [0.1, 0.15) is 81.6 Å². The Hall–Kier alpha value is -1.37. The van der Waals surface area contributed by atoms with Gasteiger partial charge in [0.2, 0.25) is 0 Å². The normalized spacial score (nSPS) is 14.4.